The van der Waals surface area contributed by atoms with E-state index in [9.17, 15) is 8.78 Å². The van der Waals surface area contributed by atoms with Crippen molar-refractivity contribution in [3.05, 3.63) is 107 Å². The summed E-state index contributed by atoms with van der Waals surface area (Å²) in [5.41, 5.74) is 9.42. The van der Waals surface area contributed by atoms with Gasteiger partial charge in [-0.3, -0.25) is 4.98 Å². The lowest BCUT2D eigenvalue weighted by Crippen LogP contribution is -2.18. The Morgan fingerprint density at radius 2 is 0.744 bits per heavy atom. The first-order valence-electron chi connectivity index (χ1n) is 49.8. The summed E-state index contributed by atoms with van der Waals surface area (Å²) >= 11 is 0. The smallest absolute Gasteiger partial charge is 0.258 e. The van der Waals surface area contributed by atoms with Crippen LogP contribution in [-0.2, 0) is 19.3 Å². The van der Waals surface area contributed by atoms with Crippen LogP contribution in [0.15, 0.2) is 75.9 Å². The number of benzene rings is 2. The molecule has 0 N–H and O–H groups in total. The van der Waals surface area contributed by atoms with Crippen LogP contribution >= 0.6 is 0 Å². The zero-order valence-electron chi connectivity index (χ0n) is 91.3. The second-order valence-electron chi connectivity index (χ2n) is 51.2. The molecule has 2 fully saturated rings. The topological polar surface area (TPSA) is 125 Å². The lowest BCUT2D eigenvalue weighted by atomic mass is 9.74. The predicted octanol–water partition coefficient (Wildman–Crippen LogP) is 39.6. The number of nitriles is 2. The summed E-state index contributed by atoms with van der Waals surface area (Å²) in [5.74, 6) is 4.20. The quantitative estimate of drug-likeness (QED) is 0.0627. The summed E-state index contributed by atoms with van der Waals surface area (Å²) in [6, 6.07) is 20.2. The fourth-order valence-electron chi connectivity index (χ4n) is 13.5. The molecular formula is C115H210F2N6O2. The van der Waals surface area contributed by atoms with Crippen LogP contribution in [0.1, 0.15) is 511 Å². The van der Waals surface area contributed by atoms with Crippen LogP contribution in [0.25, 0.3) is 22.9 Å². The van der Waals surface area contributed by atoms with Gasteiger partial charge in [-0.1, -0.05) is 435 Å². The molecule has 2 aliphatic carbocycles. The Hall–Kier alpha value is -5.22. The van der Waals surface area contributed by atoms with Crippen molar-refractivity contribution in [2.75, 3.05) is 0 Å². The Bertz CT molecular complexity index is 3420. The number of rotatable bonds is 22. The molecule has 0 unspecified atom stereocenters. The first kappa shape index (κ1) is 128. The molecule has 0 amide bonds. The first-order valence-corrected chi connectivity index (χ1v) is 49.8. The highest BCUT2D eigenvalue weighted by molar-refractivity contribution is 5.58. The third kappa shape index (κ3) is 94.7. The van der Waals surface area contributed by atoms with Gasteiger partial charge in [-0.25, -0.2) is 13.8 Å². The minimum atomic E-state index is -0.449. The van der Waals surface area contributed by atoms with Crippen molar-refractivity contribution in [2.24, 2.45) is 76.8 Å². The summed E-state index contributed by atoms with van der Waals surface area (Å²) < 4.78 is 37.3. The van der Waals surface area contributed by atoms with E-state index in [0.717, 1.165) is 84.7 Å². The number of hydrogen-bond donors (Lipinski definition) is 0. The molecule has 5 aromatic rings. The Balaban J connectivity index is -0.000000425. The highest BCUT2D eigenvalue weighted by Crippen LogP contribution is 2.38. The largest absolute Gasteiger partial charge is 0.441 e. The molecule has 2 aliphatic rings. The zero-order chi connectivity index (χ0) is 98.0. The molecule has 3 aromatic heterocycles. The summed E-state index contributed by atoms with van der Waals surface area (Å²) in [5, 5.41) is 20.4. The zero-order valence-corrected chi connectivity index (χ0v) is 91.3. The van der Waals surface area contributed by atoms with Crippen molar-refractivity contribution in [3.8, 4) is 35.0 Å². The van der Waals surface area contributed by atoms with Crippen LogP contribution in [0, 0.1) is 125 Å². The maximum Gasteiger partial charge on any atom is 0.258 e. The molecule has 0 atom stereocenters. The molecule has 0 saturated heterocycles. The van der Waals surface area contributed by atoms with Gasteiger partial charge in [0.15, 0.2) is 5.82 Å². The van der Waals surface area contributed by atoms with Gasteiger partial charge in [0.25, 0.3) is 5.89 Å². The fourth-order valence-corrected chi connectivity index (χ4v) is 13.5. The molecule has 3 heterocycles. The van der Waals surface area contributed by atoms with Crippen LogP contribution in [0.4, 0.5) is 8.78 Å². The van der Waals surface area contributed by atoms with Crippen LogP contribution in [0.3, 0.4) is 0 Å². The molecule has 0 spiro atoms. The van der Waals surface area contributed by atoms with Gasteiger partial charge in [0, 0.05) is 48.3 Å². The van der Waals surface area contributed by atoms with Gasteiger partial charge in [0.05, 0.1) is 17.8 Å². The predicted molar refractivity (Wildman–Crippen MR) is 550 cm³/mol. The number of hydrogen-bond acceptors (Lipinski definition) is 8. The fraction of sp³-hybridized carbons (Fsp3) is 0.791. The second kappa shape index (κ2) is 65.4. The number of aromatic nitrogens is 4. The highest BCUT2D eigenvalue weighted by Gasteiger charge is 2.25. The van der Waals surface area contributed by atoms with Crippen LogP contribution in [-0.4, -0.2) is 20.1 Å². The van der Waals surface area contributed by atoms with Crippen LogP contribution in [0.2, 0.25) is 0 Å². The van der Waals surface area contributed by atoms with Gasteiger partial charge < -0.3 is 8.94 Å². The Morgan fingerprint density at radius 1 is 0.368 bits per heavy atom. The SMILES string of the molecule is CC(C)(C)C.CC(C)(C)CC1CCC1.CC(C)(C)CC1CCCCC1.CC(C)(C)CCCC#N.CC(C)(C)CCCCC#N.CC(C)(C)Cc1c(F)cccc1F.CC(C)(C)Cc1noc(-c2ccncc2)n1.CCCC(C)(C)C.CCCCC(C)(C)C.CCCCCC(C)(C)C.CCCCCCC(C)(C)C.Cc1ccccc1-c1nc(CC(C)(C)C)c(C)o1. The second-order valence-corrected chi connectivity index (χ2v) is 51.2. The van der Waals surface area contributed by atoms with Crippen molar-refractivity contribution in [1.29, 1.82) is 10.5 Å². The van der Waals surface area contributed by atoms with Crippen molar-refractivity contribution >= 4 is 0 Å². The van der Waals surface area contributed by atoms with E-state index in [2.05, 4.69) is 314 Å². The number of aryl methyl sites for hydroxylation is 2. The number of unbranched alkanes of at least 4 members (excludes halogenated alkanes) is 9. The number of oxazole rings is 1. The van der Waals surface area contributed by atoms with Gasteiger partial charge in [-0.05, 0) is 204 Å². The van der Waals surface area contributed by atoms with Gasteiger partial charge >= 0.3 is 0 Å². The van der Waals surface area contributed by atoms with Crippen molar-refractivity contribution in [3.63, 3.8) is 0 Å². The van der Waals surface area contributed by atoms with Gasteiger partial charge in [0.2, 0.25) is 5.89 Å². The number of pyridine rings is 1. The van der Waals surface area contributed by atoms with E-state index in [-0.39, 0.29) is 21.8 Å². The van der Waals surface area contributed by atoms with Crippen molar-refractivity contribution in [1.82, 2.24) is 20.1 Å². The van der Waals surface area contributed by atoms with E-state index in [0.29, 0.717) is 67.5 Å². The van der Waals surface area contributed by atoms with E-state index in [4.69, 9.17) is 19.5 Å². The minimum absolute atomic E-state index is 0.0942. The summed E-state index contributed by atoms with van der Waals surface area (Å²) in [7, 11) is 0. The third-order valence-electron chi connectivity index (χ3n) is 19.8. The lowest BCUT2D eigenvalue weighted by Gasteiger charge is -2.31. The molecule has 10 heteroatoms. The molecule has 0 aliphatic heterocycles. The Labute approximate surface area is 778 Å². The molecule has 8 nitrogen and oxygen atoms in total. The minimum Gasteiger partial charge on any atom is -0.441 e. The van der Waals surface area contributed by atoms with E-state index in [1.165, 1.54) is 191 Å². The maximum atomic E-state index is 13.1. The highest BCUT2D eigenvalue weighted by atomic mass is 19.1. The van der Waals surface area contributed by atoms with Gasteiger partial charge in [-0.15, -0.1) is 0 Å². The third-order valence-corrected chi connectivity index (χ3v) is 19.8. The van der Waals surface area contributed by atoms with Crippen LogP contribution in [0.5, 0.6) is 0 Å². The molecule has 0 radical (unpaired) electrons. The van der Waals surface area contributed by atoms with E-state index >= 15 is 0 Å². The average molecular weight is 1750 g/mol. The lowest BCUT2D eigenvalue weighted by molar-refractivity contribution is 0.207. The molecule has 726 valence electrons. The van der Waals surface area contributed by atoms with E-state index in [1.54, 1.807) is 12.4 Å². The maximum absolute atomic E-state index is 13.1. The van der Waals surface area contributed by atoms with E-state index in [1.807, 2.05) is 52.0 Å². The molecule has 2 aromatic carbocycles. The molecular weight excluding hydrogens is 1540 g/mol. The Morgan fingerprint density at radius 3 is 1.10 bits per heavy atom. The molecule has 2 saturated carbocycles. The Kier molecular flexibility index (Phi) is 67.1. The standard InChI is InChI=1S/C16H21NO.C12H15N3O.C11H14F2.C11H22.C10H22.C9H17N.C9H18.C9H20.C8H15N.C8H18.C7H16.C5H12/c1-11-8-6-7-9-13(11)15-17-14(12(2)18-15)10-16(3,4)5;1-12(2,3)8-10-14-11(16-15-10)9-4-6-13-7-5-9;1-11(2,3)7-8-9(12)5-4-6-10(8)13;1-11(2,3)9-10-7-5-4-6-8-10;1-5-6-7-8-9-10(2,3)4;1-9(2,3)7-5-4-6-8-10;1-9(2,3)7-8-5-4-6-8;1-5-6-7-8-9(2,3)4;1-8(2,3)6-4-5-7-9;1-5-6-7-8(2,3)4;1-5-6-7(2,3)4;1-5(2,3)4/h6-9H,10H2,1-5H3;4-7H,8H2,1-3H3;4-6H,7H2,1-3H3;10H,4-9H2,1-3H3;5-9H2,1-4H3;4-7H2,1-3H3;8H,4-7H2,1-3H3;5-8H2,1-4H3;4-6H2,1-3H3;5-7H2,1-4H3;5-6H2,1-4H3;1-4H3. The monoisotopic (exact) mass is 1750 g/mol. The summed E-state index contributed by atoms with van der Waals surface area (Å²) in [6.45, 7) is 95.8. The number of nitrogens with zero attached hydrogens (tertiary/aromatic N) is 6. The normalized spacial score (nSPS) is 13.3. The molecule has 0 bridgehead atoms. The average Bonchev–Trinajstić information content (AvgIpc) is 1.71. The molecule has 125 heavy (non-hydrogen) atoms. The van der Waals surface area contributed by atoms with Crippen LogP contribution < -0.4 is 0 Å². The van der Waals surface area contributed by atoms with E-state index < -0.39 is 11.6 Å². The van der Waals surface area contributed by atoms with Crippen molar-refractivity contribution in [2.45, 2.75) is 516 Å². The number of halogens is 2. The molecule has 7 rings (SSSR count). The summed E-state index contributed by atoms with van der Waals surface area (Å²) in [4.78, 5) is 13.0. The summed E-state index contributed by atoms with van der Waals surface area (Å²) in [6.07, 6.45) is 46.7. The first-order chi connectivity index (χ1) is 56.8. The van der Waals surface area contributed by atoms with Gasteiger partial charge in [0.1, 0.15) is 17.4 Å². The van der Waals surface area contributed by atoms with Crippen molar-refractivity contribution < 1.29 is 17.7 Å². The van der Waals surface area contributed by atoms with Gasteiger partial charge in [-0.2, -0.15) is 15.5 Å².